The molecule has 3 nitrogen and oxygen atoms in total. The molecule has 1 atom stereocenters. The Bertz CT molecular complexity index is 514. The highest BCUT2D eigenvalue weighted by Gasteiger charge is 2.04. The summed E-state index contributed by atoms with van der Waals surface area (Å²) < 4.78 is 34.1. The SMILES string of the molecule is O=S(OCc1ccc(F)cc1)Oc1ccccc1. The zero-order chi connectivity index (χ0) is 12.8. The van der Waals surface area contributed by atoms with Crippen LogP contribution in [0.25, 0.3) is 0 Å². The molecule has 0 aromatic heterocycles. The van der Waals surface area contributed by atoms with Crippen LogP contribution in [0.3, 0.4) is 0 Å². The van der Waals surface area contributed by atoms with Gasteiger partial charge in [0.05, 0.1) is 6.61 Å². The molecule has 2 aromatic carbocycles. The van der Waals surface area contributed by atoms with Crippen molar-refractivity contribution in [3.63, 3.8) is 0 Å². The van der Waals surface area contributed by atoms with Crippen molar-refractivity contribution >= 4 is 11.4 Å². The van der Waals surface area contributed by atoms with Crippen LogP contribution in [-0.4, -0.2) is 4.21 Å². The van der Waals surface area contributed by atoms with Gasteiger partial charge < -0.3 is 4.18 Å². The van der Waals surface area contributed by atoms with Crippen LogP contribution in [0.4, 0.5) is 4.39 Å². The van der Waals surface area contributed by atoms with Gasteiger partial charge in [0.15, 0.2) is 0 Å². The fraction of sp³-hybridized carbons (Fsp3) is 0.0769. The minimum atomic E-state index is -1.87. The number of para-hydroxylation sites is 1. The second-order valence-corrected chi connectivity index (χ2v) is 4.30. The lowest BCUT2D eigenvalue weighted by Gasteiger charge is -2.04. The zero-order valence-corrected chi connectivity index (χ0v) is 10.2. The summed E-state index contributed by atoms with van der Waals surface area (Å²) in [5.41, 5.74) is 0.724. The zero-order valence-electron chi connectivity index (χ0n) is 9.41. The predicted molar refractivity (Wildman–Crippen MR) is 66.4 cm³/mol. The van der Waals surface area contributed by atoms with Crippen LogP contribution in [0.15, 0.2) is 54.6 Å². The van der Waals surface area contributed by atoms with E-state index in [9.17, 15) is 8.60 Å². The molecular weight excluding hydrogens is 255 g/mol. The average Bonchev–Trinajstić information content (AvgIpc) is 2.39. The summed E-state index contributed by atoms with van der Waals surface area (Å²) in [5, 5.41) is 0. The summed E-state index contributed by atoms with van der Waals surface area (Å²) in [6.07, 6.45) is 0. The van der Waals surface area contributed by atoms with Crippen LogP contribution in [0.1, 0.15) is 5.56 Å². The molecule has 0 bridgehead atoms. The van der Waals surface area contributed by atoms with Gasteiger partial charge in [0.2, 0.25) is 0 Å². The first-order valence-electron chi connectivity index (χ1n) is 5.27. The Morgan fingerprint density at radius 3 is 2.33 bits per heavy atom. The van der Waals surface area contributed by atoms with E-state index in [0.717, 1.165) is 5.56 Å². The van der Waals surface area contributed by atoms with Gasteiger partial charge in [-0.1, -0.05) is 30.3 Å². The normalized spacial score (nSPS) is 12.1. The second-order valence-electron chi connectivity index (χ2n) is 3.49. The van der Waals surface area contributed by atoms with Gasteiger partial charge in [-0.05, 0) is 29.8 Å². The molecule has 0 aliphatic rings. The monoisotopic (exact) mass is 266 g/mol. The van der Waals surface area contributed by atoms with E-state index in [1.54, 1.807) is 36.4 Å². The maximum Gasteiger partial charge on any atom is 0.360 e. The molecule has 0 radical (unpaired) electrons. The van der Waals surface area contributed by atoms with E-state index in [1.807, 2.05) is 6.07 Å². The molecule has 0 heterocycles. The molecule has 5 heteroatoms. The fourth-order valence-electron chi connectivity index (χ4n) is 1.28. The Kier molecular flexibility index (Phi) is 4.44. The summed E-state index contributed by atoms with van der Waals surface area (Å²) in [7, 11) is 0. The van der Waals surface area contributed by atoms with Gasteiger partial charge in [-0.15, -0.1) is 0 Å². The Balaban J connectivity index is 1.83. The van der Waals surface area contributed by atoms with Crippen LogP contribution in [-0.2, 0) is 22.2 Å². The summed E-state index contributed by atoms with van der Waals surface area (Å²) in [6.45, 7) is 0.0969. The van der Waals surface area contributed by atoms with Gasteiger partial charge in [0.1, 0.15) is 11.6 Å². The standard InChI is InChI=1S/C13H11FO3S/c14-12-8-6-11(7-9-12)10-16-18(15)17-13-4-2-1-3-5-13/h1-9H,10H2. The summed E-state index contributed by atoms with van der Waals surface area (Å²) >= 11 is -1.87. The van der Waals surface area contributed by atoms with Crippen molar-refractivity contribution in [2.24, 2.45) is 0 Å². The first-order valence-corrected chi connectivity index (χ1v) is 6.27. The molecule has 18 heavy (non-hydrogen) atoms. The third-order valence-electron chi connectivity index (χ3n) is 2.14. The third kappa shape index (κ3) is 3.94. The van der Waals surface area contributed by atoms with Crippen molar-refractivity contribution in [2.45, 2.75) is 6.61 Å². The minimum absolute atomic E-state index is 0.0969. The van der Waals surface area contributed by atoms with Gasteiger partial charge in [0, 0.05) is 0 Å². The molecule has 94 valence electrons. The van der Waals surface area contributed by atoms with Crippen LogP contribution in [0.2, 0.25) is 0 Å². The number of hydrogen-bond donors (Lipinski definition) is 0. The summed E-state index contributed by atoms with van der Waals surface area (Å²) in [5.74, 6) is 0.148. The van der Waals surface area contributed by atoms with E-state index in [4.69, 9.17) is 8.37 Å². The van der Waals surface area contributed by atoms with Crippen molar-refractivity contribution < 1.29 is 17.0 Å². The lowest BCUT2D eigenvalue weighted by atomic mass is 10.2. The van der Waals surface area contributed by atoms with Crippen LogP contribution in [0.5, 0.6) is 5.75 Å². The molecule has 0 aliphatic heterocycles. The van der Waals surface area contributed by atoms with E-state index in [-0.39, 0.29) is 12.4 Å². The van der Waals surface area contributed by atoms with Crippen molar-refractivity contribution in [2.75, 3.05) is 0 Å². The van der Waals surface area contributed by atoms with Gasteiger partial charge in [-0.3, -0.25) is 4.18 Å². The lowest BCUT2D eigenvalue weighted by molar-refractivity contribution is 0.300. The van der Waals surface area contributed by atoms with Crippen molar-refractivity contribution in [1.29, 1.82) is 0 Å². The highest BCUT2D eigenvalue weighted by Crippen LogP contribution is 2.11. The predicted octanol–water partition coefficient (Wildman–Crippen LogP) is 3.00. The molecule has 0 N–H and O–H groups in total. The van der Waals surface area contributed by atoms with Crippen LogP contribution >= 0.6 is 0 Å². The Morgan fingerprint density at radius 2 is 1.67 bits per heavy atom. The quantitative estimate of drug-likeness (QED) is 0.834. The van der Waals surface area contributed by atoms with Gasteiger partial charge in [-0.25, -0.2) is 4.39 Å². The van der Waals surface area contributed by atoms with Crippen LogP contribution < -0.4 is 4.18 Å². The second kappa shape index (κ2) is 6.28. The number of benzene rings is 2. The van der Waals surface area contributed by atoms with Gasteiger partial charge >= 0.3 is 11.4 Å². The fourth-order valence-corrected chi connectivity index (χ4v) is 1.82. The first-order chi connectivity index (χ1) is 8.74. The number of rotatable bonds is 5. The van der Waals surface area contributed by atoms with E-state index < -0.39 is 11.4 Å². The lowest BCUT2D eigenvalue weighted by Crippen LogP contribution is -2.05. The Labute approximate surface area is 107 Å². The molecule has 0 saturated heterocycles. The molecule has 0 saturated carbocycles. The maximum atomic E-state index is 12.6. The van der Waals surface area contributed by atoms with E-state index in [0.29, 0.717) is 5.75 Å². The topological polar surface area (TPSA) is 35.5 Å². The highest BCUT2D eigenvalue weighted by molar-refractivity contribution is 7.75. The Morgan fingerprint density at radius 1 is 1.00 bits per heavy atom. The summed E-state index contributed by atoms with van der Waals surface area (Å²) in [4.78, 5) is 0. The third-order valence-corrected chi connectivity index (χ3v) is 2.78. The number of hydrogen-bond acceptors (Lipinski definition) is 3. The van der Waals surface area contributed by atoms with Crippen LogP contribution in [0, 0.1) is 5.82 Å². The van der Waals surface area contributed by atoms with E-state index in [2.05, 4.69) is 0 Å². The van der Waals surface area contributed by atoms with Gasteiger partial charge in [0.25, 0.3) is 0 Å². The minimum Gasteiger partial charge on any atom is -0.380 e. The summed E-state index contributed by atoms with van der Waals surface area (Å²) in [6, 6.07) is 14.5. The van der Waals surface area contributed by atoms with Gasteiger partial charge in [-0.2, -0.15) is 4.21 Å². The molecule has 1 unspecified atom stereocenters. The largest absolute Gasteiger partial charge is 0.380 e. The maximum absolute atomic E-state index is 12.6. The average molecular weight is 266 g/mol. The van der Waals surface area contributed by atoms with Crippen molar-refractivity contribution in [3.8, 4) is 5.75 Å². The van der Waals surface area contributed by atoms with Crippen molar-refractivity contribution in [1.82, 2.24) is 0 Å². The number of halogens is 1. The van der Waals surface area contributed by atoms with E-state index >= 15 is 0 Å². The molecular formula is C13H11FO3S. The molecule has 0 fully saturated rings. The molecule has 2 aromatic rings. The van der Waals surface area contributed by atoms with E-state index in [1.165, 1.54) is 12.1 Å². The Hall–Kier alpha value is -1.72. The van der Waals surface area contributed by atoms with Crippen molar-refractivity contribution in [3.05, 3.63) is 66.0 Å². The molecule has 0 spiro atoms. The smallest absolute Gasteiger partial charge is 0.360 e. The first kappa shape index (κ1) is 12.7. The molecule has 2 rings (SSSR count). The molecule has 0 amide bonds. The molecule has 0 aliphatic carbocycles. The highest BCUT2D eigenvalue weighted by atomic mass is 32.2.